The Morgan fingerprint density at radius 3 is 2.57 bits per heavy atom. The Morgan fingerprint density at radius 2 is 1.86 bits per heavy atom. The summed E-state index contributed by atoms with van der Waals surface area (Å²) >= 11 is 11.2. The van der Waals surface area contributed by atoms with E-state index in [4.69, 9.17) is 28.6 Å². The Bertz CT molecular complexity index is 679. The summed E-state index contributed by atoms with van der Waals surface area (Å²) in [5, 5.41) is 6.82. The second-order valence-corrected chi connectivity index (χ2v) is 5.23. The minimum absolute atomic E-state index is 0.323. The molecule has 0 aliphatic rings. The third-order valence-corrected chi connectivity index (χ3v) is 3.30. The molecule has 0 spiro atoms. The minimum Gasteiger partial charge on any atom is -0.495 e. The van der Waals surface area contributed by atoms with Gasteiger partial charge in [0, 0.05) is 10.7 Å². The van der Waals surface area contributed by atoms with Crippen molar-refractivity contribution in [2.24, 2.45) is 0 Å². The Hall–Kier alpha value is -1.85. The van der Waals surface area contributed by atoms with Gasteiger partial charge in [0.2, 0.25) is 0 Å². The Balaban J connectivity index is 2.15. The van der Waals surface area contributed by atoms with Crippen LogP contribution in [-0.2, 0) is 0 Å². The molecule has 2 aromatic carbocycles. The summed E-state index contributed by atoms with van der Waals surface area (Å²) in [6.07, 6.45) is 0. The van der Waals surface area contributed by atoms with Crippen LogP contribution in [0.3, 0.4) is 0 Å². The summed E-state index contributed by atoms with van der Waals surface area (Å²) in [5.41, 5.74) is 2.13. The predicted octanol–water partition coefficient (Wildman–Crippen LogP) is 4.61. The molecule has 0 saturated carbocycles. The normalized spacial score (nSPS) is 10.1. The largest absolute Gasteiger partial charge is 0.495 e. The molecule has 0 fully saturated rings. The first-order chi connectivity index (χ1) is 9.99. The van der Waals surface area contributed by atoms with Crippen LogP contribution >= 0.6 is 23.8 Å². The molecule has 0 amide bonds. The van der Waals surface area contributed by atoms with Crippen LogP contribution < -0.4 is 15.4 Å². The van der Waals surface area contributed by atoms with Gasteiger partial charge in [-0.15, -0.1) is 0 Å². The highest BCUT2D eigenvalue weighted by molar-refractivity contribution is 7.80. The first-order valence-corrected chi connectivity index (χ1v) is 6.96. The number of hydrogen-bond donors (Lipinski definition) is 2. The number of methoxy groups -OCH3 is 1. The molecule has 2 aromatic rings. The minimum atomic E-state index is -0.328. The molecule has 21 heavy (non-hydrogen) atoms. The number of thiocarbonyl (C=S) groups is 1. The molecule has 0 saturated heterocycles. The zero-order valence-electron chi connectivity index (χ0n) is 11.5. The van der Waals surface area contributed by atoms with E-state index in [2.05, 4.69) is 10.6 Å². The molecule has 0 heterocycles. The molecule has 0 atom stereocenters. The molecule has 0 bridgehead atoms. The summed E-state index contributed by atoms with van der Waals surface area (Å²) in [4.78, 5) is 0. The third kappa shape index (κ3) is 4.06. The molecule has 0 unspecified atom stereocenters. The van der Waals surface area contributed by atoms with Gasteiger partial charge in [-0.25, -0.2) is 4.39 Å². The topological polar surface area (TPSA) is 33.3 Å². The molecular formula is C15H14ClFN2OS. The number of aryl methyl sites for hydroxylation is 1. The number of rotatable bonds is 3. The molecule has 0 aromatic heterocycles. The summed E-state index contributed by atoms with van der Waals surface area (Å²) in [5.74, 6) is 0.283. The number of anilines is 2. The summed E-state index contributed by atoms with van der Waals surface area (Å²) in [6, 6.07) is 9.63. The van der Waals surface area contributed by atoms with Gasteiger partial charge >= 0.3 is 0 Å². The van der Waals surface area contributed by atoms with E-state index in [1.165, 1.54) is 12.1 Å². The Labute approximate surface area is 133 Å². The number of ether oxygens (including phenoxy) is 1. The average molecular weight is 325 g/mol. The van der Waals surface area contributed by atoms with Crippen molar-refractivity contribution < 1.29 is 9.13 Å². The highest BCUT2D eigenvalue weighted by atomic mass is 35.5. The number of hydrogen-bond acceptors (Lipinski definition) is 2. The molecule has 0 radical (unpaired) electrons. The molecule has 2 N–H and O–H groups in total. The number of nitrogens with one attached hydrogen (secondary N) is 2. The second kappa shape index (κ2) is 6.74. The lowest BCUT2D eigenvalue weighted by Gasteiger charge is -2.15. The van der Waals surface area contributed by atoms with E-state index in [9.17, 15) is 4.39 Å². The van der Waals surface area contributed by atoms with Gasteiger partial charge in [-0.2, -0.15) is 0 Å². The smallest absolute Gasteiger partial charge is 0.175 e. The van der Waals surface area contributed by atoms with Gasteiger partial charge in [-0.3, -0.25) is 0 Å². The van der Waals surface area contributed by atoms with Crippen LogP contribution in [-0.4, -0.2) is 12.2 Å². The summed E-state index contributed by atoms with van der Waals surface area (Å²) in [6.45, 7) is 1.87. The van der Waals surface area contributed by atoms with Gasteiger partial charge in [0.25, 0.3) is 0 Å². The Morgan fingerprint density at radius 1 is 1.14 bits per heavy atom. The van der Waals surface area contributed by atoms with E-state index in [1.807, 2.05) is 6.92 Å². The average Bonchev–Trinajstić information content (AvgIpc) is 2.43. The van der Waals surface area contributed by atoms with Crippen molar-refractivity contribution >= 4 is 40.3 Å². The summed E-state index contributed by atoms with van der Waals surface area (Å²) in [7, 11) is 1.56. The fourth-order valence-corrected chi connectivity index (χ4v) is 2.17. The maximum absolute atomic E-state index is 13.3. The third-order valence-electron chi connectivity index (χ3n) is 2.86. The van der Waals surface area contributed by atoms with Crippen LogP contribution in [0.15, 0.2) is 36.4 Å². The van der Waals surface area contributed by atoms with E-state index < -0.39 is 0 Å². The SMILES string of the molecule is COc1ccc(Cl)cc1NC(=S)Nc1cc(F)ccc1C. The van der Waals surface area contributed by atoms with Gasteiger partial charge in [0.05, 0.1) is 12.8 Å². The molecule has 0 aliphatic carbocycles. The van der Waals surface area contributed by atoms with Crippen LogP contribution in [0.1, 0.15) is 5.56 Å². The molecule has 0 aliphatic heterocycles. The van der Waals surface area contributed by atoms with Gasteiger partial charge in [-0.1, -0.05) is 17.7 Å². The van der Waals surface area contributed by atoms with Crippen LogP contribution in [0.4, 0.5) is 15.8 Å². The van der Waals surface area contributed by atoms with Crippen molar-refractivity contribution in [3.63, 3.8) is 0 Å². The van der Waals surface area contributed by atoms with E-state index in [-0.39, 0.29) is 5.82 Å². The summed E-state index contributed by atoms with van der Waals surface area (Å²) < 4.78 is 18.5. The van der Waals surface area contributed by atoms with Gasteiger partial charge < -0.3 is 15.4 Å². The lowest BCUT2D eigenvalue weighted by molar-refractivity contribution is 0.417. The fraction of sp³-hybridized carbons (Fsp3) is 0.133. The van der Waals surface area contributed by atoms with Crippen molar-refractivity contribution in [3.05, 3.63) is 52.8 Å². The van der Waals surface area contributed by atoms with E-state index in [0.717, 1.165) is 5.56 Å². The first kappa shape index (κ1) is 15.5. The van der Waals surface area contributed by atoms with Crippen molar-refractivity contribution in [3.8, 4) is 5.75 Å². The van der Waals surface area contributed by atoms with E-state index in [0.29, 0.717) is 27.3 Å². The lowest BCUT2D eigenvalue weighted by atomic mass is 10.2. The van der Waals surface area contributed by atoms with Crippen molar-refractivity contribution in [1.82, 2.24) is 0 Å². The van der Waals surface area contributed by atoms with Gasteiger partial charge in [0.15, 0.2) is 5.11 Å². The van der Waals surface area contributed by atoms with Crippen molar-refractivity contribution in [2.75, 3.05) is 17.7 Å². The highest BCUT2D eigenvalue weighted by Crippen LogP contribution is 2.28. The maximum atomic E-state index is 13.3. The quantitative estimate of drug-likeness (QED) is 0.808. The van der Waals surface area contributed by atoms with Gasteiger partial charge in [-0.05, 0) is 55.0 Å². The number of benzene rings is 2. The zero-order chi connectivity index (χ0) is 15.4. The first-order valence-electron chi connectivity index (χ1n) is 6.17. The van der Waals surface area contributed by atoms with E-state index >= 15 is 0 Å². The fourth-order valence-electron chi connectivity index (χ4n) is 1.78. The molecule has 3 nitrogen and oxygen atoms in total. The molecule has 110 valence electrons. The van der Waals surface area contributed by atoms with Gasteiger partial charge in [0.1, 0.15) is 11.6 Å². The highest BCUT2D eigenvalue weighted by Gasteiger charge is 2.07. The Kier molecular flexibility index (Phi) is 4.98. The van der Waals surface area contributed by atoms with Crippen LogP contribution in [0, 0.1) is 12.7 Å². The van der Waals surface area contributed by atoms with E-state index in [1.54, 1.807) is 31.4 Å². The van der Waals surface area contributed by atoms with Crippen molar-refractivity contribution in [1.29, 1.82) is 0 Å². The van der Waals surface area contributed by atoms with Crippen LogP contribution in [0.5, 0.6) is 5.75 Å². The predicted molar refractivity (Wildman–Crippen MR) is 89.0 cm³/mol. The van der Waals surface area contributed by atoms with Crippen molar-refractivity contribution in [2.45, 2.75) is 6.92 Å². The molecule has 2 rings (SSSR count). The zero-order valence-corrected chi connectivity index (χ0v) is 13.1. The standard InChI is InChI=1S/C15H14ClFN2OS/c1-9-3-5-11(17)8-12(9)18-15(21)19-13-7-10(16)4-6-14(13)20-2/h3-8H,1-2H3,(H2,18,19,21). The van der Waals surface area contributed by atoms with Crippen LogP contribution in [0.2, 0.25) is 5.02 Å². The second-order valence-electron chi connectivity index (χ2n) is 4.38. The monoisotopic (exact) mass is 324 g/mol. The lowest BCUT2D eigenvalue weighted by Crippen LogP contribution is -2.20. The molecular weight excluding hydrogens is 311 g/mol. The molecule has 6 heteroatoms. The van der Waals surface area contributed by atoms with Crippen LogP contribution in [0.25, 0.3) is 0 Å². The maximum Gasteiger partial charge on any atom is 0.175 e. The number of halogens is 2.